The number of halogens is 1. The second-order valence-corrected chi connectivity index (χ2v) is 9.43. The van der Waals surface area contributed by atoms with Crippen molar-refractivity contribution in [1.29, 1.82) is 0 Å². The third-order valence-corrected chi connectivity index (χ3v) is 7.30. The van der Waals surface area contributed by atoms with Crippen molar-refractivity contribution in [3.05, 3.63) is 129 Å². The van der Waals surface area contributed by atoms with E-state index in [1.807, 2.05) is 61.8 Å². The number of hydrogen-bond donors (Lipinski definition) is 1. The van der Waals surface area contributed by atoms with Gasteiger partial charge in [0.1, 0.15) is 0 Å². The van der Waals surface area contributed by atoms with E-state index in [1.165, 1.54) is 32.7 Å². The summed E-state index contributed by atoms with van der Waals surface area (Å²) in [6, 6.07) is 18.7. The van der Waals surface area contributed by atoms with Crippen molar-refractivity contribution in [3.8, 4) is 11.1 Å². The van der Waals surface area contributed by atoms with E-state index in [0.717, 1.165) is 30.4 Å². The Balaban J connectivity index is 0.000000313. The van der Waals surface area contributed by atoms with Gasteiger partial charge in [-0.05, 0) is 82.7 Å². The molecule has 2 aliphatic carbocycles. The standard InChI is InChI=1S/C26H21ClO.C6H7N/c1-16-20(7-4-8-25(16)27)26(28)19-10-9-18-12-13-22-21-6-3-2-5-17(21)11-14-23(22)24(18)15-19;1-2-4-6-7-5-3-1/h2-8,12-15,19H,9-11H2,1H3;1-7H. The maximum atomic E-state index is 13.2. The average molecular weight is 478 g/mol. The van der Waals surface area contributed by atoms with Crippen LogP contribution in [0, 0.1) is 12.8 Å². The zero-order valence-corrected chi connectivity index (χ0v) is 20.6. The molecule has 3 aliphatic rings. The number of nitrogens with one attached hydrogen (secondary N) is 1. The Hall–Kier alpha value is -3.62. The van der Waals surface area contributed by atoms with Gasteiger partial charge in [-0.1, -0.05) is 84.4 Å². The Bertz CT molecular complexity index is 1480. The van der Waals surface area contributed by atoms with E-state index in [-0.39, 0.29) is 11.7 Å². The molecule has 1 N–H and O–H groups in total. The minimum Gasteiger partial charge on any atom is -0.368 e. The van der Waals surface area contributed by atoms with Crippen molar-refractivity contribution in [2.24, 2.45) is 5.92 Å². The Kier molecular flexibility index (Phi) is 6.83. The number of hydrogen-bond acceptors (Lipinski definition) is 2. The first-order valence-electron chi connectivity index (χ1n) is 12.1. The first-order valence-corrected chi connectivity index (χ1v) is 12.5. The molecule has 0 saturated carbocycles. The third-order valence-electron chi connectivity index (χ3n) is 6.89. The SMILES string of the molecule is C1=CC=CNC=C1.Cc1c(Cl)cccc1C(=O)C1C=c2c(ccc3c2=CCc2ccccc2-3)CC1. The van der Waals surface area contributed by atoms with Crippen LogP contribution in [0.5, 0.6) is 0 Å². The molecule has 1 heterocycles. The van der Waals surface area contributed by atoms with Crippen molar-refractivity contribution < 1.29 is 4.79 Å². The third kappa shape index (κ3) is 4.80. The van der Waals surface area contributed by atoms with Gasteiger partial charge in [0.05, 0.1) is 0 Å². The zero-order chi connectivity index (χ0) is 24.2. The lowest BCUT2D eigenvalue weighted by atomic mass is 9.82. The smallest absolute Gasteiger partial charge is 0.170 e. The minimum absolute atomic E-state index is 0.0956. The van der Waals surface area contributed by atoms with Crippen molar-refractivity contribution in [2.75, 3.05) is 0 Å². The van der Waals surface area contributed by atoms with Crippen LogP contribution in [0.3, 0.4) is 0 Å². The molecule has 0 spiro atoms. The van der Waals surface area contributed by atoms with Crippen LogP contribution in [0.25, 0.3) is 23.3 Å². The van der Waals surface area contributed by atoms with E-state index < -0.39 is 0 Å². The molecule has 1 unspecified atom stereocenters. The van der Waals surface area contributed by atoms with Crippen LogP contribution in [0.15, 0.2) is 91.3 Å². The van der Waals surface area contributed by atoms with E-state index in [0.29, 0.717) is 5.02 Å². The lowest BCUT2D eigenvalue weighted by molar-refractivity contribution is 0.0946. The summed E-state index contributed by atoms with van der Waals surface area (Å²) in [5.74, 6) is 0.0844. The quantitative estimate of drug-likeness (QED) is 0.455. The molecular formula is C32H28ClNO. The van der Waals surface area contributed by atoms with Gasteiger partial charge in [-0.3, -0.25) is 4.79 Å². The number of carbonyl (C=O) groups is 1. The molecule has 2 nitrogen and oxygen atoms in total. The van der Waals surface area contributed by atoms with Gasteiger partial charge < -0.3 is 5.32 Å². The number of ketones is 1. The molecule has 0 bridgehead atoms. The number of allylic oxidation sites excluding steroid dienone is 4. The first kappa shape index (κ1) is 23.1. The Morgan fingerprint density at radius 3 is 2.49 bits per heavy atom. The number of carbonyl (C=O) groups excluding carboxylic acids is 1. The summed E-state index contributed by atoms with van der Waals surface area (Å²) >= 11 is 6.25. The fourth-order valence-electron chi connectivity index (χ4n) is 5.01. The second kappa shape index (κ2) is 10.3. The highest BCUT2D eigenvalue weighted by molar-refractivity contribution is 6.32. The molecule has 0 aromatic heterocycles. The van der Waals surface area contributed by atoms with E-state index in [2.05, 4.69) is 53.9 Å². The van der Waals surface area contributed by atoms with Gasteiger partial charge in [0.2, 0.25) is 0 Å². The number of fused-ring (bicyclic) bond motifs is 5. The summed E-state index contributed by atoms with van der Waals surface area (Å²) in [4.78, 5) is 13.2. The monoisotopic (exact) mass is 477 g/mol. The predicted molar refractivity (Wildman–Crippen MR) is 147 cm³/mol. The van der Waals surface area contributed by atoms with Gasteiger partial charge in [-0.2, -0.15) is 0 Å². The van der Waals surface area contributed by atoms with Gasteiger partial charge in [0, 0.05) is 28.9 Å². The summed E-state index contributed by atoms with van der Waals surface area (Å²) in [5, 5.41) is 6.12. The summed E-state index contributed by atoms with van der Waals surface area (Å²) in [7, 11) is 0. The molecule has 0 amide bonds. The first-order chi connectivity index (χ1) is 17.1. The van der Waals surface area contributed by atoms with Gasteiger partial charge in [0.25, 0.3) is 0 Å². The van der Waals surface area contributed by atoms with E-state index in [1.54, 1.807) is 0 Å². The maximum absolute atomic E-state index is 13.2. The largest absolute Gasteiger partial charge is 0.368 e. The second-order valence-electron chi connectivity index (χ2n) is 9.02. The molecule has 1 atom stereocenters. The molecule has 35 heavy (non-hydrogen) atoms. The van der Waals surface area contributed by atoms with Crippen LogP contribution in [-0.4, -0.2) is 5.78 Å². The van der Waals surface area contributed by atoms with Crippen molar-refractivity contribution >= 4 is 29.5 Å². The summed E-state index contributed by atoms with van der Waals surface area (Å²) in [6.07, 6.45) is 18.8. The predicted octanol–water partition coefficient (Wildman–Crippen LogP) is 6.05. The molecule has 3 aromatic rings. The number of aryl methyl sites for hydroxylation is 1. The fourth-order valence-corrected chi connectivity index (χ4v) is 5.18. The van der Waals surface area contributed by atoms with Crippen molar-refractivity contribution in [2.45, 2.75) is 26.2 Å². The topological polar surface area (TPSA) is 29.1 Å². The molecule has 0 fully saturated rings. The lowest BCUT2D eigenvalue weighted by Crippen LogP contribution is -2.37. The summed E-state index contributed by atoms with van der Waals surface area (Å²) in [6.45, 7) is 1.93. The molecule has 3 heteroatoms. The maximum Gasteiger partial charge on any atom is 0.170 e. The van der Waals surface area contributed by atoms with Gasteiger partial charge in [-0.25, -0.2) is 0 Å². The van der Waals surface area contributed by atoms with Crippen LogP contribution in [-0.2, 0) is 12.8 Å². The molecule has 1 aliphatic heterocycles. The molecule has 174 valence electrons. The number of rotatable bonds is 2. The molecule has 6 rings (SSSR count). The number of Topliss-reactive ketones (excluding diaryl/α,β-unsaturated/α-hetero) is 1. The van der Waals surface area contributed by atoms with Crippen LogP contribution in [0.2, 0.25) is 5.02 Å². The van der Waals surface area contributed by atoms with Gasteiger partial charge >= 0.3 is 0 Å². The minimum atomic E-state index is -0.0956. The van der Waals surface area contributed by atoms with E-state index in [4.69, 9.17) is 11.6 Å². The Morgan fingerprint density at radius 2 is 1.66 bits per heavy atom. The van der Waals surface area contributed by atoms with Crippen LogP contribution in [0.1, 0.15) is 33.5 Å². The Labute approximate surface area is 211 Å². The van der Waals surface area contributed by atoms with Crippen LogP contribution in [0.4, 0.5) is 0 Å². The van der Waals surface area contributed by atoms with E-state index >= 15 is 0 Å². The highest BCUT2D eigenvalue weighted by Gasteiger charge is 2.24. The summed E-state index contributed by atoms with van der Waals surface area (Å²) in [5.41, 5.74) is 6.94. The zero-order valence-electron chi connectivity index (χ0n) is 19.8. The highest BCUT2D eigenvalue weighted by Crippen LogP contribution is 2.27. The van der Waals surface area contributed by atoms with Crippen LogP contribution < -0.4 is 15.8 Å². The summed E-state index contributed by atoms with van der Waals surface area (Å²) < 4.78 is 0. The fraction of sp³-hybridized carbons (Fsp3) is 0.156. The number of benzene rings is 3. The lowest BCUT2D eigenvalue weighted by Gasteiger charge is -2.22. The average Bonchev–Trinajstić information content (AvgIpc) is 3.23. The highest BCUT2D eigenvalue weighted by atomic mass is 35.5. The van der Waals surface area contributed by atoms with Crippen LogP contribution >= 0.6 is 11.6 Å². The van der Waals surface area contributed by atoms with Crippen molar-refractivity contribution in [1.82, 2.24) is 5.32 Å². The van der Waals surface area contributed by atoms with Gasteiger partial charge in [0.15, 0.2) is 5.78 Å². The normalized spacial score (nSPS) is 16.7. The Morgan fingerprint density at radius 1 is 0.857 bits per heavy atom. The van der Waals surface area contributed by atoms with E-state index in [9.17, 15) is 4.79 Å². The van der Waals surface area contributed by atoms with Crippen molar-refractivity contribution in [3.63, 3.8) is 0 Å². The molecule has 0 radical (unpaired) electrons. The molecular weight excluding hydrogens is 450 g/mol. The van der Waals surface area contributed by atoms with Gasteiger partial charge in [-0.15, -0.1) is 0 Å². The molecule has 3 aromatic carbocycles. The molecule has 0 saturated heterocycles.